The van der Waals surface area contributed by atoms with E-state index < -0.39 is 0 Å². The Labute approximate surface area is 164 Å². The summed E-state index contributed by atoms with van der Waals surface area (Å²) in [5, 5.41) is 3.57. The summed E-state index contributed by atoms with van der Waals surface area (Å²) in [6, 6.07) is 14.5. The van der Waals surface area contributed by atoms with E-state index in [0.717, 1.165) is 24.2 Å². The highest BCUT2D eigenvalue weighted by atomic mass is 35.5. The summed E-state index contributed by atoms with van der Waals surface area (Å²) in [6.07, 6.45) is 1.60. The molecule has 1 atom stereocenters. The molecule has 5 nitrogen and oxygen atoms in total. The van der Waals surface area contributed by atoms with Gasteiger partial charge in [0.1, 0.15) is 5.75 Å². The first-order chi connectivity index (χ1) is 13.1. The fourth-order valence-electron chi connectivity index (χ4n) is 3.27. The number of halogens is 1. The Morgan fingerprint density at radius 2 is 2.00 bits per heavy atom. The molecule has 2 aromatic carbocycles. The maximum atomic E-state index is 12.7. The molecule has 1 aliphatic rings. The number of nitrogens with zero attached hydrogens (tertiary/aromatic N) is 1. The average Bonchev–Trinajstić information content (AvgIpc) is 2.72. The number of ether oxygens (including phenoxy) is 1. The lowest BCUT2D eigenvalue weighted by molar-refractivity contribution is -0.126. The number of nitrogens with one attached hydrogen (secondary N) is 1. The highest BCUT2D eigenvalue weighted by molar-refractivity contribution is 6.30. The van der Waals surface area contributed by atoms with Gasteiger partial charge in [-0.15, -0.1) is 0 Å². The van der Waals surface area contributed by atoms with Crippen LogP contribution in [0.4, 0.5) is 0 Å². The van der Waals surface area contributed by atoms with E-state index in [4.69, 9.17) is 16.3 Å². The Bertz CT molecular complexity index is 807. The molecule has 0 spiro atoms. The Morgan fingerprint density at radius 1 is 1.22 bits per heavy atom. The van der Waals surface area contributed by atoms with Gasteiger partial charge in [0.15, 0.2) is 0 Å². The molecule has 0 aliphatic carbocycles. The number of piperidine rings is 1. The third-order valence-electron chi connectivity index (χ3n) is 4.77. The Hall–Kier alpha value is -2.53. The van der Waals surface area contributed by atoms with Gasteiger partial charge < -0.3 is 15.0 Å². The normalized spacial score (nSPS) is 16.7. The number of methoxy groups -OCH3 is 1. The number of hydrogen-bond acceptors (Lipinski definition) is 3. The maximum Gasteiger partial charge on any atom is 0.253 e. The predicted octanol–water partition coefficient (Wildman–Crippen LogP) is 3.52. The summed E-state index contributed by atoms with van der Waals surface area (Å²) in [5.41, 5.74) is 1.57. The van der Waals surface area contributed by atoms with Crippen LogP contribution in [-0.2, 0) is 11.3 Å². The summed E-state index contributed by atoms with van der Waals surface area (Å²) in [5.74, 6) is 0.489. The molecule has 1 aliphatic heterocycles. The molecule has 0 aromatic heterocycles. The third kappa shape index (κ3) is 5.01. The van der Waals surface area contributed by atoms with Gasteiger partial charge in [0.2, 0.25) is 5.91 Å². The molecule has 1 saturated heterocycles. The van der Waals surface area contributed by atoms with Crippen molar-refractivity contribution in [2.45, 2.75) is 19.4 Å². The summed E-state index contributed by atoms with van der Waals surface area (Å²) in [4.78, 5) is 27.0. The molecular formula is C21H23ClN2O3. The molecule has 2 aromatic rings. The van der Waals surface area contributed by atoms with E-state index in [-0.39, 0.29) is 17.7 Å². The SMILES string of the molecule is COc1cccc(CNC(=O)[C@@H]2CCCN(C(=O)c3ccc(Cl)cc3)C2)c1. The summed E-state index contributed by atoms with van der Waals surface area (Å²) < 4.78 is 5.20. The second-order valence-electron chi connectivity index (χ2n) is 6.67. The van der Waals surface area contributed by atoms with Gasteiger partial charge in [-0.25, -0.2) is 0 Å². The molecule has 142 valence electrons. The highest BCUT2D eigenvalue weighted by Crippen LogP contribution is 2.20. The fraction of sp³-hybridized carbons (Fsp3) is 0.333. The number of hydrogen-bond donors (Lipinski definition) is 1. The van der Waals surface area contributed by atoms with Gasteiger partial charge in [-0.3, -0.25) is 9.59 Å². The highest BCUT2D eigenvalue weighted by Gasteiger charge is 2.28. The number of likely N-dealkylation sites (tertiary alicyclic amines) is 1. The van der Waals surface area contributed by atoms with Gasteiger partial charge >= 0.3 is 0 Å². The van der Waals surface area contributed by atoms with E-state index in [0.29, 0.717) is 30.2 Å². The fourth-order valence-corrected chi connectivity index (χ4v) is 3.39. The van der Waals surface area contributed by atoms with Crippen molar-refractivity contribution in [1.82, 2.24) is 10.2 Å². The van der Waals surface area contributed by atoms with Crippen LogP contribution in [0.1, 0.15) is 28.8 Å². The first-order valence-electron chi connectivity index (χ1n) is 9.02. The molecule has 2 amide bonds. The van der Waals surface area contributed by atoms with E-state index in [1.54, 1.807) is 36.3 Å². The molecule has 0 saturated carbocycles. The molecule has 3 rings (SSSR count). The molecule has 1 fully saturated rings. The Morgan fingerprint density at radius 3 is 2.74 bits per heavy atom. The summed E-state index contributed by atoms with van der Waals surface area (Å²) >= 11 is 5.89. The number of carbonyl (C=O) groups excluding carboxylic acids is 2. The lowest BCUT2D eigenvalue weighted by atomic mass is 9.96. The van der Waals surface area contributed by atoms with Gasteiger partial charge in [-0.05, 0) is 54.8 Å². The van der Waals surface area contributed by atoms with Crippen molar-refractivity contribution in [3.63, 3.8) is 0 Å². The van der Waals surface area contributed by atoms with Crippen LogP contribution < -0.4 is 10.1 Å². The minimum atomic E-state index is -0.194. The molecule has 27 heavy (non-hydrogen) atoms. The van der Waals surface area contributed by atoms with Crippen molar-refractivity contribution in [1.29, 1.82) is 0 Å². The van der Waals surface area contributed by atoms with E-state index >= 15 is 0 Å². The topological polar surface area (TPSA) is 58.6 Å². The first kappa shape index (κ1) is 19.2. The van der Waals surface area contributed by atoms with Crippen molar-refractivity contribution >= 4 is 23.4 Å². The smallest absolute Gasteiger partial charge is 0.253 e. The van der Waals surface area contributed by atoms with Crippen LogP contribution in [0.25, 0.3) is 0 Å². The van der Waals surface area contributed by atoms with Crippen molar-refractivity contribution in [2.75, 3.05) is 20.2 Å². The van der Waals surface area contributed by atoms with Crippen LogP contribution in [0.5, 0.6) is 5.75 Å². The van der Waals surface area contributed by atoms with Gasteiger partial charge in [-0.1, -0.05) is 23.7 Å². The third-order valence-corrected chi connectivity index (χ3v) is 5.02. The second-order valence-corrected chi connectivity index (χ2v) is 7.10. The zero-order valence-corrected chi connectivity index (χ0v) is 16.0. The van der Waals surface area contributed by atoms with E-state index in [1.807, 2.05) is 24.3 Å². The Balaban J connectivity index is 1.57. The number of rotatable bonds is 5. The van der Waals surface area contributed by atoms with Crippen LogP contribution in [0.3, 0.4) is 0 Å². The monoisotopic (exact) mass is 386 g/mol. The first-order valence-corrected chi connectivity index (χ1v) is 9.40. The van der Waals surface area contributed by atoms with E-state index in [1.165, 1.54) is 0 Å². The van der Waals surface area contributed by atoms with Gasteiger partial charge in [0.05, 0.1) is 13.0 Å². The number of carbonyl (C=O) groups is 2. The molecule has 0 unspecified atom stereocenters. The van der Waals surface area contributed by atoms with Crippen molar-refractivity contribution in [2.24, 2.45) is 5.92 Å². The van der Waals surface area contributed by atoms with E-state index in [2.05, 4.69) is 5.32 Å². The quantitative estimate of drug-likeness (QED) is 0.855. The zero-order chi connectivity index (χ0) is 19.2. The molecular weight excluding hydrogens is 364 g/mol. The lowest BCUT2D eigenvalue weighted by Gasteiger charge is -2.32. The van der Waals surface area contributed by atoms with Gasteiger partial charge in [0, 0.05) is 30.2 Å². The molecule has 1 N–H and O–H groups in total. The lowest BCUT2D eigenvalue weighted by Crippen LogP contribution is -2.45. The van der Waals surface area contributed by atoms with Crippen LogP contribution in [-0.4, -0.2) is 36.9 Å². The number of benzene rings is 2. The van der Waals surface area contributed by atoms with Gasteiger partial charge in [0.25, 0.3) is 5.91 Å². The van der Waals surface area contributed by atoms with Crippen LogP contribution in [0.15, 0.2) is 48.5 Å². The van der Waals surface area contributed by atoms with Crippen molar-refractivity contribution < 1.29 is 14.3 Å². The van der Waals surface area contributed by atoms with Crippen LogP contribution in [0.2, 0.25) is 5.02 Å². The molecule has 6 heteroatoms. The zero-order valence-electron chi connectivity index (χ0n) is 15.3. The Kier molecular flexibility index (Phi) is 6.35. The molecule has 1 heterocycles. The number of amides is 2. The maximum absolute atomic E-state index is 12.7. The largest absolute Gasteiger partial charge is 0.497 e. The van der Waals surface area contributed by atoms with Crippen molar-refractivity contribution in [3.05, 3.63) is 64.7 Å². The van der Waals surface area contributed by atoms with E-state index in [9.17, 15) is 9.59 Å². The summed E-state index contributed by atoms with van der Waals surface area (Å²) in [7, 11) is 1.62. The molecule has 0 radical (unpaired) electrons. The van der Waals surface area contributed by atoms with Crippen molar-refractivity contribution in [3.8, 4) is 5.75 Å². The predicted molar refractivity (Wildman–Crippen MR) is 105 cm³/mol. The summed E-state index contributed by atoms with van der Waals surface area (Å²) in [6.45, 7) is 1.55. The standard InChI is InChI=1S/C21H23ClN2O3/c1-27-19-6-2-4-15(12-19)13-23-20(25)17-5-3-11-24(14-17)21(26)16-7-9-18(22)10-8-16/h2,4,6-10,12,17H,3,5,11,13-14H2,1H3,(H,23,25)/t17-/m1/s1. The van der Waals surface area contributed by atoms with Gasteiger partial charge in [-0.2, -0.15) is 0 Å². The molecule has 0 bridgehead atoms. The average molecular weight is 387 g/mol. The van der Waals surface area contributed by atoms with Crippen LogP contribution in [0, 0.1) is 5.92 Å². The minimum Gasteiger partial charge on any atom is -0.497 e. The second kappa shape index (κ2) is 8.91. The minimum absolute atomic E-state index is 0.0218. The van der Waals surface area contributed by atoms with Crippen LogP contribution >= 0.6 is 11.6 Å².